The molecule has 1 saturated heterocycles. The van der Waals surface area contributed by atoms with Crippen molar-refractivity contribution < 1.29 is 9.18 Å². The Labute approximate surface area is 157 Å². The second kappa shape index (κ2) is 9.07. The number of para-hydroxylation sites is 1. The Morgan fingerprint density at radius 2 is 2.04 bits per heavy atom. The lowest BCUT2D eigenvalue weighted by Crippen LogP contribution is -2.38. The number of piperidine rings is 1. The van der Waals surface area contributed by atoms with Crippen molar-refractivity contribution in [3.05, 3.63) is 35.1 Å². The maximum Gasteiger partial charge on any atom is 0.229 e. The molecule has 0 atom stereocenters. The quantitative estimate of drug-likeness (QED) is 0.734. The molecule has 26 heavy (non-hydrogen) atoms. The highest BCUT2D eigenvalue weighted by atomic mass is 32.1. The molecule has 3 rings (SSSR count). The Balaban J connectivity index is 1.49. The maximum atomic E-state index is 13.9. The number of aryl methyl sites for hydroxylation is 1. The van der Waals surface area contributed by atoms with E-state index in [1.165, 1.54) is 30.2 Å². The van der Waals surface area contributed by atoms with E-state index in [9.17, 15) is 9.18 Å². The summed E-state index contributed by atoms with van der Waals surface area (Å²) in [7, 11) is 0. The van der Waals surface area contributed by atoms with Gasteiger partial charge in [-0.2, -0.15) is 0 Å². The van der Waals surface area contributed by atoms with E-state index in [0.717, 1.165) is 17.8 Å². The molecule has 0 bridgehead atoms. The number of nitrogens with zero attached hydrogens (tertiary/aromatic N) is 3. The number of benzene rings is 1. The van der Waals surface area contributed by atoms with E-state index in [2.05, 4.69) is 22.4 Å². The highest BCUT2D eigenvalue weighted by Gasteiger charge is 2.26. The van der Waals surface area contributed by atoms with Gasteiger partial charge in [0.05, 0.1) is 5.69 Å². The first-order chi connectivity index (χ1) is 12.7. The van der Waals surface area contributed by atoms with Gasteiger partial charge in [-0.1, -0.05) is 43.2 Å². The van der Waals surface area contributed by atoms with Crippen molar-refractivity contribution in [2.24, 2.45) is 5.92 Å². The molecule has 2 heterocycles. The summed E-state index contributed by atoms with van der Waals surface area (Å²) in [6, 6.07) is 6.79. The van der Waals surface area contributed by atoms with Gasteiger partial charge < -0.3 is 10.2 Å². The van der Waals surface area contributed by atoms with Gasteiger partial charge in [-0.3, -0.25) is 4.79 Å². The zero-order chi connectivity index (χ0) is 18.4. The van der Waals surface area contributed by atoms with Crippen LogP contribution >= 0.6 is 11.3 Å². The molecular formula is C19H25FN4OS. The van der Waals surface area contributed by atoms with E-state index in [4.69, 9.17) is 0 Å². The van der Waals surface area contributed by atoms with Gasteiger partial charge >= 0.3 is 0 Å². The summed E-state index contributed by atoms with van der Waals surface area (Å²) in [5, 5.41) is 12.7. The average molecular weight is 377 g/mol. The van der Waals surface area contributed by atoms with Crippen molar-refractivity contribution >= 4 is 28.1 Å². The summed E-state index contributed by atoms with van der Waals surface area (Å²) in [5.41, 5.74) is 0.618. The van der Waals surface area contributed by atoms with Crippen molar-refractivity contribution in [1.29, 1.82) is 0 Å². The first-order valence-corrected chi connectivity index (χ1v) is 10.1. The highest BCUT2D eigenvalue weighted by Crippen LogP contribution is 2.26. The number of carbonyl (C=O) groups is 1. The summed E-state index contributed by atoms with van der Waals surface area (Å²) >= 11 is 1.46. The second-order valence-corrected chi connectivity index (χ2v) is 7.72. The summed E-state index contributed by atoms with van der Waals surface area (Å²) in [6.07, 6.45) is 5.80. The SMILES string of the molecule is CCCCCc1nnc(NC(=O)C2CCN(c3ccccc3F)CC2)s1. The van der Waals surface area contributed by atoms with Crippen molar-refractivity contribution in [3.63, 3.8) is 0 Å². The van der Waals surface area contributed by atoms with Crippen LogP contribution in [0.1, 0.15) is 44.0 Å². The first-order valence-electron chi connectivity index (χ1n) is 9.30. The fourth-order valence-corrected chi connectivity index (χ4v) is 4.01. The highest BCUT2D eigenvalue weighted by molar-refractivity contribution is 7.15. The normalized spacial score (nSPS) is 15.2. The number of anilines is 2. The monoisotopic (exact) mass is 376 g/mol. The number of aromatic nitrogens is 2. The van der Waals surface area contributed by atoms with E-state index in [1.54, 1.807) is 12.1 Å². The molecule has 0 spiro atoms. The van der Waals surface area contributed by atoms with Crippen LogP contribution < -0.4 is 10.2 Å². The fraction of sp³-hybridized carbons (Fsp3) is 0.526. The molecule has 0 aliphatic carbocycles. The lowest BCUT2D eigenvalue weighted by atomic mass is 9.95. The Morgan fingerprint density at radius 3 is 2.77 bits per heavy atom. The zero-order valence-electron chi connectivity index (χ0n) is 15.1. The minimum atomic E-state index is -0.208. The van der Waals surface area contributed by atoms with Crippen LogP contribution in [0.5, 0.6) is 0 Å². The van der Waals surface area contributed by atoms with Gasteiger partial charge in [0, 0.05) is 25.4 Å². The molecule has 1 aromatic heterocycles. The Morgan fingerprint density at radius 1 is 1.27 bits per heavy atom. The Hall–Kier alpha value is -2.02. The molecule has 1 N–H and O–H groups in total. The minimum Gasteiger partial charge on any atom is -0.369 e. The van der Waals surface area contributed by atoms with Crippen molar-refractivity contribution in [2.45, 2.75) is 45.4 Å². The molecular weight excluding hydrogens is 351 g/mol. The molecule has 1 fully saturated rings. The van der Waals surface area contributed by atoms with Crippen LogP contribution in [0.3, 0.4) is 0 Å². The topological polar surface area (TPSA) is 58.1 Å². The maximum absolute atomic E-state index is 13.9. The predicted octanol–water partition coefficient (Wildman–Crippen LogP) is 4.27. The number of hydrogen-bond donors (Lipinski definition) is 1. The lowest BCUT2D eigenvalue weighted by Gasteiger charge is -2.33. The van der Waals surface area contributed by atoms with Crippen LogP contribution in [0.15, 0.2) is 24.3 Å². The molecule has 7 heteroatoms. The van der Waals surface area contributed by atoms with Gasteiger partial charge in [0.15, 0.2) is 0 Å². The van der Waals surface area contributed by atoms with E-state index in [-0.39, 0.29) is 17.6 Å². The Kier molecular flexibility index (Phi) is 6.55. The molecule has 2 aromatic rings. The van der Waals surface area contributed by atoms with E-state index in [1.807, 2.05) is 11.0 Å². The molecule has 0 unspecified atom stereocenters. The van der Waals surface area contributed by atoms with Gasteiger partial charge in [-0.05, 0) is 31.4 Å². The molecule has 140 valence electrons. The standard InChI is InChI=1S/C19H25FN4OS/c1-2-3-4-9-17-22-23-19(26-17)21-18(25)14-10-12-24(13-11-14)16-8-6-5-7-15(16)20/h5-8,14H,2-4,9-13H2,1H3,(H,21,23,25). The molecule has 1 aromatic carbocycles. The summed E-state index contributed by atoms with van der Waals surface area (Å²) in [4.78, 5) is 14.5. The number of amides is 1. The molecule has 0 saturated carbocycles. The van der Waals surface area contributed by atoms with Gasteiger partial charge in [0.25, 0.3) is 0 Å². The zero-order valence-corrected chi connectivity index (χ0v) is 15.9. The molecule has 5 nitrogen and oxygen atoms in total. The third kappa shape index (κ3) is 4.78. The van der Waals surface area contributed by atoms with Crippen LogP contribution in [0.2, 0.25) is 0 Å². The lowest BCUT2D eigenvalue weighted by molar-refractivity contribution is -0.120. The fourth-order valence-electron chi connectivity index (χ4n) is 3.23. The van der Waals surface area contributed by atoms with Crippen LogP contribution in [0.4, 0.5) is 15.2 Å². The molecule has 1 amide bonds. The van der Waals surface area contributed by atoms with E-state index in [0.29, 0.717) is 36.8 Å². The first kappa shape index (κ1) is 18.8. The largest absolute Gasteiger partial charge is 0.369 e. The summed E-state index contributed by atoms with van der Waals surface area (Å²) in [6.45, 7) is 3.53. The second-order valence-electron chi connectivity index (χ2n) is 6.66. The van der Waals surface area contributed by atoms with Gasteiger partial charge in [0.1, 0.15) is 10.8 Å². The molecule has 1 aliphatic rings. The summed E-state index contributed by atoms with van der Waals surface area (Å²) in [5.74, 6) is -0.278. The smallest absolute Gasteiger partial charge is 0.229 e. The van der Waals surface area contributed by atoms with Gasteiger partial charge in [-0.15, -0.1) is 10.2 Å². The number of hydrogen-bond acceptors (Lipinski definition) is 5. The minimum absolute atomic E-state index is 0.00515. The predicted molar refractivity (Wildman–Crippen MR) is 103 cm³/mol. The summed E-state index contributed by atoms with van der Waals surface area (Å²) < 4.78 is 13.9. The number of unbranched alkanes of at least 4 members (excludes halogenated alkanes) is 2. The van der Waals surface area contributed by atoms with Crippen LogP contribution in [0, 0.1) is 11.7 Å². The van der Waals surface area contributed by atoms with Crippen LogP contribution in [-0.4, -0.2) is 29.2 Å². The number of carbonyl (C=O) groups excluding carboxylic acids is 1. The van der Waals surface area contributed by atoms with Gasteiger partial charge in [-0.25, -0.2) is 4.39 Å². The van der Waals surface area contributed by atoms with Crippen molar-refractivity contribution in [1.82, 2.24) is 10.2 Å². The molecule has 1 aliphatic heterocycles. The number of rotatable bonds is 7. The molecule has 0 radical (unpaired) electrons. The third-order valence-electron chi connectivity index (χ3n) is 4.75. The van der Waals surface area contributed by atoms with Crippen LogP contribution in [0.25, 0.3) is 0 Å². The Bertz CT molecular complexity index is 728. The van der Waals surface area contributed by atoms with Crippen LogP contribution in [-0.2, 0) is 11.2 Å². The van der Waals surface area contributed by atoms with E-state index < -0.39 is 0 Å². The third-order valence-corrected chi connectivity index (χ3v) is 5.65. The van der Waals surface area contributed by atoms with E-state index >= 15 is 0 Å². The van der Waals surface area contributed by atoms with Gasteiger partial charge in [0.2, 0.25) is 11.0 Å². The van der Waals surface area contributed by atoms with Crippen molar-refractivity contribution in [3.8, 4) is 0 Å². The van der Waals surface area contributed by atoms with Crippen molar-refractivity contribution in [2.75, 3.05) is 23.3 Å². The number of nitrogens with one attached hydrogen (secondary N) is 1. The average Bonchev–Trinajstić information content (AvgIpc) is 3.10. The number of halogens is 1.